The molecule has 1 aromatic carbocycles. The van der Waals surface area contributed by atoms with Gasteiger partial charge >= 0.3 is 5.97 Å². The Bertz CT molecular complexity index is 665. The summed E-state index contributed by atoms with van der Waals surface area (Å²) in [6.07, 6.45) is 4.18. The molecule has 23 heavy (non-hydrogen) atoms. The molecule has 0 aromatic heterocycles. The number of esters is 1. The maximum absolute atomic E-state index is 12.7. The van der Waals surface area contributed by atoms with E-state index in [1.54, 1.807) is 0 Å². The van der Waals surface area contributed by atoms with E-state index in [9.17, 15) is 4.79 Å². The van der Waals surface area contributed by atoms with E-state index >= 15 is 0 Å². The maximum Gasteiger partial charge on any atom is 0.342 e. The zero-order valence-electron chi connectivity index (χ0n) is 14.1. The average molecular weight is 312 g/mol. The third-order valence-corrected chi connectivity index (χ3v) is 4.60. The van der Waals surface area contributed by atoms with E-state index in [-0.39, 0.29) is 11.6 Å². The molecule has 1 aliphatic carbocycles. The second kappa shape index (κ2) is 6.23. The zero-order valence-corrected chi connectivity index (χ0v) is 14.1. The van der Waals surface area contributed by atoms with E-state index in [1.807, 2.05) is 37.3 Å². The first-order valence-electron chi connectivity index (χ1n) is 8.43. The third kappa shape index (κ3) is 2.92. The molecule has 0 spiro atoms. The second-order valence-corrected chi connectivity index (χ2v) is 6.57. The van der Waals surface area contributed by atoms with Crippen LogP contribution in [-0.2, 0) is 14.3 Å². The topological polar surface area (TPSA) is 35.5 Å². The molecule has 2 aliphatic rings. The highest BCUT2D eigenvalue weighted by Crippen LogP contribution is 2.46. The van der Waals surface area contributed by atoms with Crippen molar-refractivity contribution in [3.8, 4) is 0 Å². The summed E-state index contributed by atoms with van der Waals surface area (Å²) in [5.74, 6) is 0.394. The Kier molecular flexibility index (Phi) is 4.29. The first-order valence-corrected chi connectivity index (χ1v) is 8.43. The van der Waals surface area contributed by atoms with Crippen molar-refractivity contribution < 1.29 is 14.3 Å². The Morgan fingerprint density at radius 2 is 1.87 bits per heavy atom. The molecule has 1 heterocycles. The van der Waals surface area contributed by atoms with Gasteiger partial charge in [-0.15, -0.1) is 0 Å². The Morgan fingerprint density at radius 1 is 1.17 bits per heavy atom. The standard InChI is InChI=1S/C20H24O3/c1-4-22-19(21)17-15-12-8-9-13-16(15)20(2,3)23-18(17)14-10-6-5-7-11-14/h5-7,10-11H,4,8-9,12-13H2,1-3H3. The smallest absolute Gasteiger partial charge is 0.342 e. The van der Waals surface area contributed by atoms with Crippen LogP contribution in [0.4, 0.5) is 0 Å². The van der Waals surface area contributed by atoms with Gasteiger partial charge in [-0.2, -0.15) is 0 Å². The number of carbonyl (C=O) groups excluding carboxylic acids is 1. The molecule has 122 valence electrons. The molecule has 0 amide bonds. The summed E-state index contributed by atoms with van der Waals surface area (Å²) < 4.78 is 11.7. The second-order valence-electron chi connectivity index (χ2n) is 6.57. The first-order chi connectivity index (χ1) is 11.0. The minimum atomic E-state index is -0.378. The quantitative estimate of drug-likeness (QED) is 0.763. The predicted octanol–water partition coefficient (Wildman–Crippen LogP) is 4.64. The number of carbonyl (C=O) groups is 1. The lowest BCUT2D eigenvalue weighted by atomic mass is 9.77. The highest BCUT2D eigenvalue weighted by atomic mass is 16.5. The predicted molar refractivity (Wildman–Crippen MR) is 90.7 cm³/mol. The summed E-state index contributed by atoms with van der Waals surface area (Å²) in [4.78, 5) is 12.7. The summed E-state index contributed by atoms with van der Waals surface area (Å²) in [5.41, 5.74) is 3.58. The number of rotatable bonds is 3. The molecule has 0 radical (unpaired) electrons. The van der Waals surface area contributed by atoms with Gasteiger partial charge in [-0.3, -0.25) is 0 Å². The van der Waals surface area contributed by atoms with Crippen LogP contribution in [0.5, 0.6) is 0 Å². The van der Waals surface area contributed by atoms with Crippen LogP contribution in [0, 0.1) is 0 Å². The Morgan fingerprint density at radius 3 is 2.57 bits per heavy atom. The molecular formula is C20H24O3. The summed E-state index contributed by atoms with van der Waals surface area (Å²) >= 11 is 0. The van der Waals surface area contributed by atoms with Crippen molar-refractivity contribution in [2.24, 2.45) is 0 Å². The first kappa shape index (κ1) is 15.9. The average Bonchev–Trinajstić information content (AvgIpc) is 2.55. The highest BCUT2D eigenvalue weighted by Gasteiger charge is 2.40. The lowest BCUT2D eigenvalue weighted by molar-refractivity contribution is -0.138. The van der Waals surface area contributed by atoms with Crippen LogP contribution in [-0.4, -0.2) is 18.2 Å². The van der Waals surface area contributed by atoms with Gasteiger partial charge in [0.2, 0.25) is 0 Å². The fourth-order valence-corrected chi connectivity index (χ4v) is 3.56. The third-order valence-electron chi connectivity index (χ3n) is 4.60. The minimum Gasteiger partial charge on any atom is -0.482 e. The van der Waals surface area contributed by atoms with Gasteiger partial charge in [0, 0.05) is 5.56 Å². The monoisotopic (exact) mass is 312 g/mol. The zero-order chi connectivity index (χ0) is 16.4. The van der Waals surface area contributed by atoms with Gasteiger partial charge < -0.3 is 9.47 Å². The van der Waals surface area contributed by atoms with Crippen molar-refractivity contribution in [2.75, 3.05) is 6.61 Å². The largest absolute Gasteiger partial charge is 0.482 e. The minimum absolute atomic E-state index is 0.267. The van der Waals surface area contributed by atoms with E-state index in [0.29, 0.717) is 17.9 Å². The van der Waals surface area contributed by atoms with Crippen LogP contribution < -0.4 is 0 Å². The lowest BCUT2D eigenvalue weighted by Gasteiger charge is -2.40. The van der Waals surface area contributed by atoms with Crippen LogP contribution >= 0.6 is 0 Å². The van der Waals surface area contributed by atoms with Gasteiger partial charge in [0.05, 0.1) is 6.61 Å². The molecule has 0 unspecified atom stereocenters. The van der Waals surface area contributed by atoms with Crippen LogP contribution in [0.2, 0.25) is 0 Å². The van der Waals surface area contributed by atoms with Crippen LogP contribution in [0.1, 0.15) is 52.0 Å². The van der Waals surface area contributed by atoms with Crippen molar-refractivity contribution in [3.05, 3.63) is 52.6 Å². The summed E-state index contributed by atoms with van der Waals surface area (Å²) in [6, 6.07) is 9.86. The molecule has 0 saturated carbocycles. The fraction of sp³-hybridized carbons (Fsp3) is 0.450. The molecule has 0 saturated heterocycles. The molecule has 0 bridgehead atoms. The van der Waals surface area contributed by atoms with Crippen molar-refractivity contribution in [1.29, 1.82) is 0 Å². The van der Waals surface area contributed by atoms with E-state index in [4.69, 9.17) is 9.47 Å². The van der Waals surface area contributed by atoms with Gasteiger partial charge in [0.15, 0.2) is 0 Å². The number of hydrogen-bond acceptors (Lipinski definition) is 3. The molecule has 3 heteroatoms. The lowest BCUT2D eigenvalue weighted by Crippen LogP contribution is -2.35. The maximum atomic E-state index is 12.7. The molecular weight excluding hydrogens is 288 g/mol. The van der Waals surface area contributed by atoms with Crippen molar-refractivity contribution >= 4 is 11.7 Å². The highest BCUT2D eigenvalue weighted by molar-refractivity contribution is 6.02. The Balaban J connectivity index is 2.20. The SMILES string of the molecule is CCOC(=O)C1=C(c2ccccc2)OC(C)(C)C2=C1CCCC2. The van der Waals surface area contributed by atoms with Crippen molar-refractivity contribution in [2.45, 2.75) is 52.1 Å². The molecule has 3 rings (SSSR count). The molecule has 0 N–H and O–H groups in total. The van der Waals surface area contributed by atoms with E-state index < -0.39 is 0 Å². The van der Waals surface area contributed by atoms with Gasteiger partial charge in [-0.05, 0) is 57.6 Å². The van der Waals surface area contributed by atoms with Crippen molar-refractivity contribution in [1.82, 2.24) is 0 Å². The van der Waals surface area contributed by atoms with Gasteiger partial charge in [-0.25, -0.2) is 4.79 Å². The van der Waals surface area contributed by atoms with Gasteiger partial charge in [0.25, 0.3) is 0 Å². The molecule has 3 nitrogen and oxygen atoms in total. The normalized spacial score (nSPS) is 20.0. The van der Waals surface area contributed by atoms with E-state index in [2.05, 4.69) is 13.8 Å². The van der Waals surface area contributed by atoms with E-state index in [0.717, 1.165) is 36.8 Å². The van der Waals surface area contributed by atoms with Crippen LogP contribution in [0.15, 0.2) is 47.1 Å². The number of benzene rings is 1. The Hall–Kier alpha value is -2.03. The van der Waals surface area contributed by atoms with Crippen LogP contribution in [0.25, 0.3) is 5.76 Å². The molecule has 0 atom stereocenters. The number of ether oxygens (including phenoxy) is 2. The Labute approximate surface area is 138 Å². The van der Waals surface area contributed by atoms with Crippen molar-refractivity contribution in [3.63, 3.8) is 0 Å². The fourth-order valence-electron chi connectivity index (χ4n) is 3.56. The summed E-state index contributed by atoms with van der Waals surface area (Å²) in [5, 5.41) is 0. The van der Waals surface area contributed by atoms with E-state index in [1.165, 1.54) is 5.57 Å². The van der Waals surface area contributed by atoms with Crippen LogP contribution in [0.3, 0.4) is 0 Å². The van der Waals surface area contributed by atoms with Gasteiger partial charge in [-0.1, -0.05) is 30.3 Å². The molecule has 1 aromatic rings. The number of hydrogen-bond donors (Lipinski definition) is 0. The molecule has 0 fully saturated rings. The molecule has 1 aliphatic heterocycles. The summed E-state index contributed by atoms with van der Waals surface area (Å²) in [6.45, 7) is 6.40. The summed E-state index contributed by atoms with van der Waals surface area (Å²) in [7, 11) is 0. The van der Waals surface area contributed by atoms with Gasteiger partial charge in [0.1, 0.15) is 16.9 Å².